The molecule has 1 aliphatic rings. The van der Waals surface area contributed by atoms with Crippen LogP contribution in [0.15, 0.2) is 300 Å². The molecule has 470 valence electrons. The van der Waals surface area contributed by atoms with Crippen LogP contribution >= 0.6 is 35.6 Å². The summed E-state index contributed by atoms with van der Waals surface area (Å²) in [6.45, 7) is 0. The van der Waals surface area contributed by atoms with Gasteiger partial charge in [-0.05, 0) is 120 Å². The van der Waals surface area contributed by atoms with Crippen molar-refractivity contribution in [1.29, 1.82) is 0 Å². The molecule has 13 heteroatoms. The minimum absolute atomic E-state index is 0. The van der Waals surface area contributed by atoms with Gasteiger partial charge in [-0.25, -0.2) is 9.97 Å². The van der Waals surface area contributed by atoms with Gasteiger partial charge in [-0.1, -0.05) is 262 Å². The molecule has 0 aliphatic heterocycles. The van der Waals surface area contributed by atoms with E-state index in [2.05, 4.69) is 203 Å². The third kappa shape index (κ3) is 11.4. The number of nitrogens with zero attached hydrogens (tertiary/aromatic N) is 7. The standard InChI is InChI=1S/C41H24N4O.C25H14ClN3O.C17H12.CH3F.CH4.HI.Na.H2.H/c1-2-13-26(14-3-1)39-42-40(32-24-27-15-5-7-17-29(27)37-31-19-9-11-21-35(31)46-38(32)37)44-41(43-39)45-33-20-10-8-18-30(33)36-28-16-6-4-12-25(28)22-23-34(36)45;26-25-28-23(15-8-2-1-3-9-15)27-24(29-25)19-14-16-10-4-5-11-17(16)21-18-12-6-7-13-20(18)30-22(19)21;1-3-7-15-12(5-1)9-10-14-11-13-6-2-4-8-16(13)17(14)15;1-2;;;;;/h1-24H;1-14H;1-10H,11H2;1H3;1H4;1H;;1H;/q;;;;;;+1;;-1/i;;;1D;;;;;. The Bertz CT molecular complexity index is 6260. The summed E-state index contributed by atoms with van der Waals surface area (Å²) in [5.74, 6) is 2.74. The van der Waals surface area contributed by atoms with Crippen molar-refractivity contribution >= 4 is 144 Å². The zero-order valence-electron chi connectivity index (χ0n) is 54.2. The maximum atomic E-state index is 9.96. The summed E-state index contributed by atoms with van der Waals surface area (Å²) in [4.78, 5) is 29.0. The van der Waals surface area contributed by atoms with Gasteiger partial charge in [0.1, 0.15) is 22.3 Å². The van der Waals surface area contributed by atoms with E-state index >= 15 is 0 Å². The number of furan rings is 2. The topological polar surface area (TPSA) is 109 Å². The number of para-hydroxylation sites is 3. The molecule has 0 radical (unpaired) electrons. The molecule has 98 heavy (non-hydrogen) atoms. The van der Waals surface area contributed by atoms with Crippen molar-refractivity contribution in [3.8, 4) is 62.6 Å². The van der Waals surface area contributed by atoms with Gasteiger partial charge >= 0.3 is 29.6 Å². The summed E-state index contributed by atoms with van der Waals surface area (Å²) in [7, 11) is -1.00. The molecule has 0 bridgehead atoms. The molecule has 5 aromatic heterocycles. The summed E-state index contributed by atoms with van der Waals surface area (Å²) in [5.41, 5.74) is 14.5. The van der Waals surface area contributed by atoms with Crippen molar-refractivity contribution in [2.75, 3.05) is 7.15 Å². The third-order valence-electron chi connectivity index (χ3n) is 18.0. The normalized spacial score (nSPS) is 11.5. The minimum Gasteiger partial charge on any atom is -1.00 e. The average Bonchev–Trinajstić information content (AvgIpc) is 1.61. The maximum Gasteiger partial charge on any atom is 1.00 e. The number of hydrogen-bond acceptors (Lipinski definition) is 8. The molecule has 5 heterocycles. The second-order valence-corrected chi connectivity index (χ2v) is 23.7. The quantitative estimate of drug-likeness (QED) is 0.124. The Morgan fingerprint density at radius 1 is 0.398 bits per heavy atom. The smallest absolute Gasteiger partial charge is 1.00 e. The van der Waals surface area contributed by atoms with E-state index in [4.69, 9.17) is 41.7 Å². The van der Waals surface area contributed by atoms with Crippen LogP contribution in [-0.2, 0) is 6.42 Å². The van der Waals surface area contributed by atoms with Gasteiger partial charge in [0.15, 0.2) is 23.3 Å². The fourth-order valence-corrected chi connectivity index (χ4v) is 14.0. The predicted octanol–water partition coefficient (Wildman–Crippen LogP) is 21.0. The largest absolute Gasteiger partial charge is 1.00 e. The number of benzene rings is 14. The van der Waals surface area contributed by atoms with E-state index in [1.807, 2.05) is 103 Å². The molecule has 0 atom stereocenters. The van der Waals surface area contributed by atoms with Crippen molar-refractivity contribution in [3.63, 3.8) is 0 Å². The van der Waals surface area contributed by atoms with Crippen molar-refractivity contribution in [3.05, 3.63) is 308 Å². The molecule has 19 aromatic rings. The maximum absolute atomic E-state index is 9.96. The Labute approximate surface area is 612 Å². The number of halogens is 3. The summed E-state index contributed by atoms with van der Waals surface area (Å²) in [5, 5.41) is 16.3. The van der Waals surface area contributed by atoms with Gasteiger partial charge in [-0.2, -0.15) is 19.9 Å². The number of rotatable bonds is 5. The Morgan fingerprint density at radius 3 is 1.41 bits per heavy atom. The Kier molecular flexibility index (Phi) is 17.9. The SMILES string of the molecule is C.Clc1nc(-c2ccccc2)nc(-c2cc3ccccc3c3c2oc2ccccc23)n1.I.[2H]CF.[H-].[HH].[Na+].c1ccc(-c2nc(-c3cc4ccccc4c4c3oc3ccccc34)nc(-n3c4ccccc4c4c5ccccc5ccc43)n2)cc1.c1ccc2c(c1)Cc1ccc3ccccc3c1-2. The molecule has 0 N–H and O–H groups in total. The van der Waals surface area contributed by atoms with E-state index in [1.54, 1.807) is 0 Å². The van der Waals surface area contributed by atoms with Gasteiger partial charge < -0.3 is 10.3 Å². The molecular formula is C85H61ClFIN7NaO2. The van der Waals surface area contributed by atoms with Crippen LogP contribution in [0, 0.1) is 0 Å². The summed E-state index contributed by atoms with van der Waals surface area (Å²) in [6, 6.07) is 100. The molecule has 0 saturated carbocycles. The number of alkyl halides is 1. The third-order valence-corrected chi connectivity index (χ3v) is 18.1. The van der Waals surface area contributed by atoms with E-state index in [0.717, 1.165) is 111 Å². The second kappa shape index (κ2) is 27.5. The van der Waals surface area contributed by atoms with E-state index in [0.29, 0.717) is 29.2 Å². The molecule has 0 fully saturated rings. The number of hydrogen-bond donors (Lipinski definition) is 0. The van der Waals surface area contributed by atoms with Crippen LogP contribution in [0.5, 0.6) is 0 Å². The summed E-state index contributed by atoms with van der Waals surface area (Å²) < 4.78 is 30.6. The van der Waals surface area contributed by atoms with Gasteiger partial charge in [0.25, 0.3) is 0 Å². The van der Waals surface area contributed by atoms with E-state index in [-0.39, 0.29) is 69.1 Å². The summed E-state index contributed by atoms with van der Waals surface area (Å²) in [6.07, 6.45) is 1.08. The number of fused-ring (bicyclic) bond motifs is 20. The molecule has 20 rings (SSSR count). The Morgan fingerprint density at radius 2 is 0.816 bits per heavy atom. The van der Waals surface area contributed by atoms with Crippen molar-refractivity contribution < 1.29 is 47.0 Å². The van der Waals surface area contributed by atoms with Crippen LogP contribution in [0.3, 0.4) is 0 Å². The number of aromatic nitrogens is 7. The first kappa shape index (κ1) is 63.5. The second-order valence-electron chi connectivity index (χ2n) is 23.3. The van der Waals surface area contributed by atoms with Crippen molar-refractivity contribution in [2.24, 2.45) is 0 Å². The van der Waals surface area contributed by atoms with Crippen LogP contribution in [0.1, 0.15) is 22.8 Å². The first-order valence-electron chi connectivity index (χ1n) is 32.0. The zero-order chi connectivity index (χ0) is 64.2. The monoisotopic (exact) mass is 1420 g/mol. The molecular weight excluding hydrogens is 1360 g/mol. The molecule has 0 saturated heterocycles. The first-order valence-corrected chi connectivity index (χ1v) is 31.6. The van der Waals surface area contributed by atoms with Crippen LogP contribution in [0.25, 0.3) is 171 Å². The molecule has 1 aliphatic carbocycles. The Hall–Kier alpha value is -10.5. The van der Waals surface area contributed by atoms with Crippen LogP contribution in [0.2, 0.25) is 5.28 Å². The summed E-state index contributed by atoms with van der Waals surface area (Å²) >= 11 is 6.31. The van der Waals surface area contributed by atoms with Crippen LogP contribution < -0.4 is 29.6 Å². The van der Waals surface area contributed by atoms with Crippen molar-refractivity contribution in [2.45, 2.75) is 13.8 Å². The Balaban J connectivity index is 0.000000151. The van der Waals surface area contributed by atoms with Gasteiger partial charge in [0.05, 0.1) is 30.7 Å². The van der Waals surface area contributed by atoms with E-state index in [1.165, 1.54) is 49.2 Å². The fraction of sp³-hybridized carbons (Fsp3) is 0.0353. The van der Waals surface area contributed by atoms with Gasteiger partial charge in [-0.3, -0.25) is 8.96 Å². The predicted molar refractivity (Wildman–Crippen MR) is 412 cm³/mol. The fourth-order valence-electron chi connectivity index (χ4n) is 13.8. The molecule has 0 spiro atoms. The van der Waals surface area contributed by atoms with Crippen molar-refractivity contribution in [1.82, 2.24) is 34.5 Å². The zero-order valence-corrected chi connectivity index (χ0v) is 57.3. The molecule has 0 amide bonds. The van der Waals surface area contributed by atoms with Gasteiger partial charge in [-0.15, -0.1) is 24.0 Å². The van der Waals surface area contributed by atoms with Gasteiger partial charge in [0, 0.05) is 44.9 Å². The van der Waals surface area contributed by atoms with Crippen LogP contribution in [0.4, 0.5) is 4.39 Å². The molecule has 14 aromatic carbocycles. The minimum atomic E-state index is -1.00. The molecule has 0 unspecified atom stereocenters. The first-order chi connectivity index (χ1) is 47.4. The average molecular weight is 1420 g/mol. The van der Waals surface area contributed by atoms with E-state index < -0.39 is 7.15 Å². The van der Waals surface area contributed by atoms with E-state index in [9.17, 15) is 4.39 Å². The molecule has 9 nitrogen and oxygen atoms in total. The van der Waals surface area contributed by atoms with Crippen LogP contribution in [-0.4, -0.2) is 41.6 Å². The van der Waals surface area contributed by atoms with Gasteiger partial charge in [0.2, 0.25) is 11.2 Å².